The van der Waals surface area contributed by atoms with Crippen LogP contribution in [0.3, 0.4) is 0 Å². The van der Waals surface area contributed by atoms with E-state index in [1.807, 2.05) is 23.6 Å². The van der Waals surface area contributed by atoms with E-state index in [2.05, 4.69) is 29.1 Å². The Bertz CT molecular complexity index is 878. The van der Waals surface area contributed by atoms with Crippen LogP contribution in [0.25, 0.3) is 10.9 Å². The lowest BCUT2D eigenvalue weighted by Gasteiger charge is -2.11. The molecule has 3 aromatic rings. The molecule has 0 saturated heterocycles. The summed E-state index contributed by atoms with van der Waals surface area (Å²) in [5.41, 5.74) is 8.11. The molecule has 25 heavy (non-hydrogen) atoms. The maximum Gasteiger partial charge on any atom is 0.252 e. The highest BCUT2D eigenvalue weighted by Gasteiger charge is 2.11. The average Bonchev–Trinajstić information content (AvgIpc) is 3.06. The van der Waals surface area contributed by atoms with Gasteiger partial charge in [-0.1, -0.05) is 13.8 Å². The first-order chi connectivity index (χ1) is 12.0. The summed E-state index contributed by atoms with van der Waals surface area (Å²) in [4.78, 5) is 22.1. The molecule has 3 rings (SSSR count). The number of nitrogens with two attached hydrogens (primary N) is 1. The number of carbonyl (C=O) groups excluding carboxylic acids is 1. The number of aromatic nitrogens is 2. The van der Waals surface area contributed by atoms with Crippen molar-refractivity contribution in [2.45, 2.75) is 30.4 Å². The fraction of sp³-hybridized carbons (Fsp3) is 0.278. The van der Waals surface area contributed by atoms with Gasteiger partial charge in [0.05, 0.1) is 16.1 Å². The van der Waals surface area contributed by atoms with Gasteiger partial charge in [-0.2, -0.15) is 0 Å². The number of fused-ring (bicyclic) bond motifs is 1. The van der Waals surface area contributed by atoms with Crippen LogP contribution in [0, 0.1) is 0 Å². The minimum absolute atomic E-state index is 0.133. The van der Waals surface area contributed by atoms with Crippen molar-refractivity contribution in [3.63, 3.8) is 0 Å². The third-order valence-corrected chi connectivity index (χ3v) is 5.38. The maximum atomic E-state index is 12.4. The van der Waals surface area contributed by atoms with Crippen LogP contribution < -0.4 is 11.1 Å². The summed E-state index contributed by atoms with van der Waals surface area (Å²) in [5, 5.41) is 7.18. The number of thioether (sulfide) groups is 1. The Morgan fingerprint density at radius 1 is 1.32 bits per heavy atom. The second-order valence-corrected chi connectivity index (χ2v) is 8.51. The van der Waals surface area contributed by atoms with Crippen LogP contribution in [0.15, 0.2) is 40.9 Å². The summed E-state index contributed by atoms with van der Waals surface area (Å²) in [6, 6.07) is 5.65. The highest BCUT2D eigenvalue weighted by molar-refractivity contribution is 8.00. The molecule has 3 N–H and O–H groups in total. The number of rotatable bonds is 6. The number of nitrogens with zero attached hydrogens (tertiary/aromatic N) is 2. The van der Waals surface area contributed by atoms with Gasteiger partial charge in [-0.25, -0.2) is 4.98 Å². The van der Waals surface area contributed by atoms with Gasteiger partial charge in [-0.3, -0.25) is 9.78 Å². The van der Waals surface area contributed by atoms with Crippen molar-refractivity contribution in [1.29, 1.82) is 0 Å². The van der Waals surface area contributed by atoms with Gasteiger partial charge in [-0.15, -0.1) is 23.1 Å². The fourth-order valence-corrected chi connectivity index (χ4v) is 4.08. The van der Waals surface area contributed by atoms with Crippen LogP contribution in [0.1, 0.15) is 29.2 Å². The molecule has 1 aromatic carbocycles. The molecule has 0 atom stereocenters. The molecule has 0 spiro atoms. The van der Waals surface area contributed by atoms with Crippen LogP contribution >= 0.6 is 23.1 Å². The summed E-state index contributed by atoms with van der Waals surface area (Å²) in [6.07, 6.45) is 4.13. The van der Waals surface area contributed by atoms with Crippen LogP contribution in [0.5, 0.6) is 0 Å². The predicted octanol–water partition coefficient (Wildman–Crippen LogP) is 3.75. The van der Waals surface area contributed by atoms with E-state index in [0.717, 1.165) is 27.2 Å². The van der Waals surface area contributed by atoms with Gasteiger partial charge in [0.2, 0.25) is 0 Å². The molecule has 0 saturated carbocycles. The van der Waals surface area contributed by atoms with Gasteiger partial charge in [-0.05, 0) is 18.2 Å². The zero-order valence-electron chi connectivity index (χ0n) is 14.2. The second-order valence-electron chi connectivity index (χ2n) is 5.91. The molecule has 0 aliphatic rings. The standard InChI is InChI=1S/C18H20N4OS2/c1-11(2)25-15-9-14(19)8-12-7-13(10-22-17(12)15)18(23)21-4-3-16-20-5-6-24-16/h5-11H,3-4,19H2,1-2H3,(H,21,23). The van der Waals surface area contributed by atoms with Crippen molar-refractivity contribution in [3.05, 3.63) is 46.5 Å². The minimum Gasteiger partial charge on any atom is -0.399 e. The second kappa shape index (κ2) is 7.84. The monoisotopic (exact) mass is 372 g/mol. The van der Waals surface area contributed by atoms with E-state index in [4.69, 9.17) is 5.73 Å². The summed E-state index contributed by atoms with van der Waals surface area (Å²) in [7, 11) is 0. The number of pyridine rings is 1. The molecule has 2 heterocycles. The third-order valence-electron chi connectivity index (χ3n) is 3.50. The Balaban J connectivity index is 1.76. The summed E-state index contributed by atoms with van der Waals surface area (Å²) in [6.45, 7) is 4.81. The maximum absolute atomic E-state index is 12.4. The molecule has 0 aliphatic carbocycles. The fourth-order valence-electron chi connectivity index (χ4n) is 2.47. The smallest absolute Gasteiger partial charge is 0.252 e. The van der Waals surface area contributed by atoms with Gasteiger partial charge in [0.1, 0.15) is 0 Å². The Morgan fingerprint density at radius 2 is 2.16 bits per heavy atom. The SMILES string of the molecule is CC(C)Sc1cc(N)cc2cc(C(=O)NCCc3nccs3)cnc12. The van der Waals surface area contributed by atoms with Gasteiger partial charge in [0.25, 0.3) is 5.91 Å². The number of hydrogen-bond acceptors (Lipinski definition) is 6. The van der Waals surface area contributed by atoms with Crippen LogP contribution in [0.4, 0.5) is 5.69 Å². The number of carbonyl (C=O) groups is 1. The van der Waals surface area contributed by atoms with E-state index < -0.39 is 0 Å². The lowest BCUT2D eigenvalue weighted by molar-refractivity contribution is 0.0954. The number of thiazole rings is 1. The Labute approximate surface area is 155 Å². The van der Waals surface area contributed by atoms with Gasteiger partial charge in [0.15, 0.2) is 0 Å². The van der Waals surface area contributed by atoms with Crippen LogP contribution in [-0.4, -0.2) is 27.7 Å². The quantitative estimate of drug-likeness (QED) is 0.509. The van der Waals surface area contributed by atoms with E-state index >= 15 is 0 Å². The molecule has 130 valence electrons. The molecule has 7 heteroatoms. The average molecular weight is 373 g/mol. The Hall–Kier alpha value is -2.12. The molecule has 0 radical (unpaired) electrons. The number of benzene rings is 1. The number of nitrogen functional groups attached to an aromatic ring is 1. The van der Waals surface area contributed by atoms with E-state index in [0.29, 0.717) is 23.0 Å². The largest absolute Gasteiger partial charge is 0.399 e. The number of anilines is 1. The lowest BCUT2D eigenvalue weighted by Crippen LogP contribution is -2.25. The highest BCUT2D eigenvalue weighted by atomic mass is 32.2. The van der Waals surface area contributed by atoms with Crippen molar-refractivity contribution < 1.29 is 4.79 Å². The molecule has 2 aromatic heterocycles. The molecule has 5 nitrogen and oxygen atoms in total. The van der Waals surface area contributed by atoms with Gasteiger partial charge in [0, 0.05) is 52.0 Å². The molecule has 0 bridgehead atoms. The first kappa shape index (κ1) is 17.7. The Kier molecular flexibility index (Phi) is 5.55. The van der Waals surface area contributed by atoms with Gasteiger partial charge >= 0.3 is 0 Å². The zero-order valence-corrected chi connectivity index (χ0v) is 15.8. The normalized spacial score (nSPS) is 11.2. The van der Waals surface area contributed by atoms with Crippen molar-refractivity contribution in [2.75, 3.05) is 12.3 Å². The van der Waals surface area contributed by atoms with Crippen molar-refractivity contribution in [3.8, 4) is 0 Å². The number of nitrogens with one attached hydrogen (secondary N) is 1. The van der Waals surface area contributed by atoms with Crippen LogP contribution in [-0.2, 0) is 6.42 Å². The van der Waals surface area contributed by atoms with E-state index in [-0.39, 0.29) is 5.91 Å². The van der Waals surface area contributed by atoms with Crippen molar-refractivity contribution >= 4 is 45.6 Å². The number of hydrogen-bond donors (Lipinski definition) is 2. The van der Waals surface area contributed by atoms with E-state index in [1.54, 1.807) is 35.5 Å². The lowest BCUT2D eigenvalue weighted by atomic mass is 10.1. The minimum atomic E-state index is -0.133. The third kappa shape index (κ3) is 4.49. The molecule has 0 fully saturated rings. The molecule has 0 unspecified atom stereocenters. The first-order valence-corrected chi connectivity index (χ1v) is 9.81. The van der Waals surface area contributed by atoms with Crippen molar-refractivity contribution in [1.82, 2.24) is 15.3 Å². The predicted molar refractivity (Wildman–Crippen MR) is 105 cm³/mol. The first-order valence-electron chi connectivity index (χ1n) is 8.05. The molecule has 1 amide bonds. The highest BCUT2D eigenvalue weighted by Crippen LogP contribution is 2.32. The molecule has 0 aliphatic heterocycles. The van der Waals surface area contributed by atoms with Gasteiger partial charge < -0.3 is 11.1 Å². The zero-order chi connectivity index (χ0) is 17.8. The summed E-state index contributed by atoms with van der Waals surface area (Å²) < 4.78 is 0. The number of amides is 1. The summed E-state index contributed by atoms with van der Waals surface area (Å²) >= 11 is 3.31. The van der Waals surface area contributed by atoms with E-state index in [9.17, 15) is 4.79 Å². The topological polar surface area (TPSA) is 80.9 Å². The Morgan fingerprint density at radius 3 is 2.88 bits per heavy atom. The molecular formula is C18H20N4OS2. The van der Waals surface area contributed by atoms with Crippen LogP contribution in [0.2, 0.25) is 0 Å². The van der Waals surface area contributed by atoms with Crippen molar-refractivity contribution in [2.24, 2.45) is 0 Å². The van der Waals surface area contributed by atoms with E-state index in [1.165, 1.54) is 0 Å². The summed E-state index contributed by atoms with van der Waals surface area (Å²) in [5.74, 6) is -0.133. The molecular weight excluding hydrogens is 352 g/mol.